The zero-order valence-corrected chi connectivity index (χ0v) is 24.4. The lowest BCUT2D eigenvalue weighted by Gasteiger charge is -2.24. The Morgan fingerprint density at radius 1 is 1.12 bits per heavy atom. The zero-order valence-electron chi connectivity index (χ0n) is 23.6. The maximum Gasteiger partial charge on any atom is 0.266 e. The van der Waals surface area contributed by atoms with E-state index < -0.39 is 0 Å². The number of nitrogens with two attached hydrogens (primary N) is 1. The molecule has 41 heavy (non-hydrogen) atoms. The molecule has 2 unspecified atom stereocenters. The van der Waals surface area contributed by atoms with Gasteiger partial charge in [0.05, 0.1) is 6.04 Å². The SMILES string of the molecule is CN.Cc1csc(C2CCCN2C(=O)c2cc(-c3nnc(C(C)Cc4ccccc4)o3)nc(N3CCCC3=O)c2)n1. The Morgan fingerprint density at radius 3 is 2.63 bits per heavy atom. The zero-order chi connectivity index (χ0) is 28.9. The summed E-state index contributed by atoms with van der Waals surface area (Å²) in [6.07, 6.45) is 3.77. The fraction of sp³-hybridized carbons (Fsp3) is 0.400. The molecule has 2 amide bonds. The molecule has 2 aliphatic heterocycles. The van der Waals surface area contributed by atoms with Crippen LogP contribution in [0.15, 0.2) is 52.3 Å². The van der Waals surface area contributed by atoms with Gasteiger partial charge in [-0.1, -0.05) is 37.3 Å². The Kier molecular flexibility index (Phi) is 8.84. The monoisotopic (exact) mass is 573 g/mol. The molecule has 1 aromatic carbocycles. The van der Waals surface area contributed by atoms with Crippen molar-refractivity contribution < 1.29 is 14.0 Å². The number of aromatic nitrogens is 4. The van der Waals surface area contributed by atoms with E-state index in [1.54, 1.807) is 28.4 Å². The van der Waals surface area contributed by atoms with Crippen molar-refractivity contribution in [3.8, 4) is 11.6 Å². The first-order valence-corrected chi connectivity index (χ1v) is 14.8. The molecule has 2 atom stereocenters. The average Bonchev–Trinajstić information content (AvgIpc) is 3.81. The smallest absolute Gasteiger partial charge is 0.266 e. The Hall–Kier alpha value is -3.96. The molecule has 3 aromatic heterocycles. The van der Waals surface area contributed by atoms with Gasteiger partial charge < -0.3 is 15.1 Å². The van der Waals surface area contributed by atoms with Crippen LogP contribution in [0.4, 0.5) is 5.82 Å². The van der Waals surface area contributed by atoms with E-state index in [0.29, 0.717) is 42.5 Å². The second-order valence-electron chi connectivity index (χ2n) is 10.3. The van der Waals surface area contributed by atoms with Crippen molar-refractivity contribution in [1.29, 1.82) is 0 Å². The van der Waals surface area contributed by atoms with Gasteiger partial charge in [0, 0.05) is 42.1 Å². The molecule has 4 aromatic rings. The van der Waals surface area contributed by atoms with Crippen molar-refractivity contribution in [2.45, 2.75) is 57.9 Å². The van der Waals surface area contributed by atoms with E-state index in [9.17, 15) is 9.59 Å². The van der Waals surface area contributed by atoms with Crippen LogP contribution in [-0.2, 0) is 11.2 Å². The van der Waals surface area contributed by atoms with E-state index in [-0.39, 0.29) is 29.7 Å². The molecule has 214 valence electrons. The molecule has 2 N–H and O–H groups in total. The van der Waals surface area contributed by atoms with E-state index in [1.807, 2.05) is 42.3 Å². The first kappa shape index (κ1) is 28.6. The molecule has 2 fully saturated rings. The standard InChI is InChI=1S/C29H30N6O3S.CH5N/c1-18(14-20-8-4-3-5-9-20)26-32-33-27(38-26)22-15-21(16-24(31-22)35-13-7-11-25(35)36)29(37)34-12-6-10-23(34)28-30-19(2)17-39-28;1-2/h3-5,8-9,15-18,23H,6-7,10-14H2,1-2H3;2H2,1H3. The number of amides is 2. The van der Waals surface area contributed by atoms with Gasteiger partial charge in [0.25, 0.3) is 11.8 Å². The van der Waals surface area contributed by atoms with Crippen molar-refractivity contribution in [2.75, 3.05) is 25.0 Å². The van der Waals surface area contributed by atoms with E-state index in [4.69, 9.17) is 9.40 Å². The lowest BCUT2D eigenvalue weighted by atomic mass is 10.0. The molecule has 0 radical (unpaired) electrons. The fourth-order valence-electron chi connectivity index (χ4n) is 5.33. The first-order valence-electron chi connectivity index (χ1n) is 14.0. The van der Waals surface area contributed by atoms with Crippen LogP contribution in [0.3, 0.4) is 0 Å². The average molecular weight is 574 g/mol. The highest BCUT2D eigenvalue weighted by molar-refractivity contribution is 7.09. The highest BCUT2D eigenvalue weighted by atomic mass is 32.1. The number of carbonyl (C=O) groups excluding carboxylic acids is 2. The molecule has 10 nitrogen and oxygen atoms in total. The Labute approximate surface area is 243 Å². The van der Waals surface area contributed by atoms with Crippen LogP contribution in [0.5, 0.6) is 0 Å². The number of aryl methyl sites for hydroxylation is 1. The van der Waals surface area contributed by atoms with Gasteiger partial charge in [0.15, 0.2) is 0 Å². The molecule has 11 heteroatoms. The highest BCUT2D eigenvalue weighted by Crippen LogP contribution is 2.36. The molecule has 6 rings (SSSR count). The van der Waals surface area contributed by atoms with Crippen LogP contribution in [0.2, 0.25) is 0 Å². The third-order valence-electron chi connectivity index (χ3n) is 7.31. The van der Waals surface area contributed by atoms with Crippen LogP contribution < -0.4 is 10.6 Å². The van der Waals surface area contributed by atoms with Crippen molar-refractivity contribution in [2.24, 2.45) is 5.73 Å². The lowest BCUT2D eigenvalue weighted by molar-refractivity contribution is -0.117. The van der Waals surface area contributed by atoms with Crippen LogP contribution >= 0.6 is 11.3 Å². The van der Waals surface area contributed by atoms with Gasteiger partial charge in [-0.05, 0) is 57.4 Å². The molecule has 5 heterocycles. The summed E-state index contributed by atoms with van der Waals surface area (Å²) in [5, 5.41) is 11.6. The van der Waals surface area contributed by atoms with E-state index in [1.165, 1.54) is 12.6 Å². The summed E-state index contributed by atoms with van der Waals surface area (Å²) in [4.78, 5) is 39.4. The van der Waals surface area contributed by atoms with Gasteiger partial charge in [0.1, 0.15) is 16.5 Å². The van der Waals surface area contributed by atoms with Gasteiger partial charge in [-0.15, -0.1) is 21.5 Å². The van der Waals surface area contributed by atoms with Gasteiger partial charge in [-0.2, -0.15) is 0 Å². The normalized spacial score (nSPS) is 17.5. The predicted molar refractivity (Wildman–Crippen MR) is 158 cm³/mol. The van der Waals surface area contributed by atoms with E-state index in [2.05, 4.69) is 33.0 Å². The minimum Gasteiger partial charge on any atom is -0.419 e. The summed E-state index contributed by atoms with van der Waals surface area (Å²) < 4.78 is 6.08. The number of thiazole rings is 1. The molecule has 0 saturated carbocycles. The Bertz CT molecular complexity index is 1500. The quantitative estimate of drug-likeness (QED) is 0.330. The van der Waals surface area contributed by atoms with E-state index in [0.717, 1.165) is 36.4 Å². The van der Waals surface area contributed by atoms with Gasteiger partial charge in [0.2, 0.25) is 11.8 Å². The highest BCUT2D eigenvalue weighted by Gasteiger charge is 2.34. The minimum atomic E-state index is -0.112. The number of rotatable bonds is 7. The maximum absolute atomic E-state index is 13.9. The Morgan fingerprint density at radius 2 is 1.93 bits per heavy atom. The third-order valence-corrected chi connectivity index (χ3v) is 8.37. The number of carbonyl (C=O) groups is 2. The molecule has 0 bridgehead atoms. The summed E-state index contributed by atoms with van der Waals surface area (Å²) in [5.74, 6) is 1.07. The number of hydrogen-bond donors (Lipinski definition) is 1. The second-order valence-corrected chi connectivity index (χ2v) is 11.2. The number of anilines is 1. The summed E-state index contributed by atoms with van der Waals surface area (Å²) in [6.45, 7) is 5.23. The van der Waals surface area contributed by atoms with Gasteiger partial charge in [-0.25, -0.2) is 9.97 Å². The van der Waals surface area contributed by atoms with Gasteiger partial charge >= 0.3 is 0 Å². The van der Waals surface area contributed by atoms with Crippen LogP contribution in [0, 0.1) is 6.92 Å². The number of benzene rings is 1. The Balaban J connectivity index is 0.00000165. The van der Waals surface area contributed by atoms with Crippen LogP contribution in [0.1, 0.15) is 77.1 Å². The molecule has 0 aliphatic carbocycles. The minimum absolute atomic E-state index is 0.00180. The number of pyridine rings is 1. The molecule has 2 aliphatic rings. The number of hydrogen-bond acceptors (Lipinski definition) is 9. The summed E-state index contributed by atoms with van der Waals surface area (Å²) in [5.41, 5.74) is 7.49. The van der Waals surface area contributed by atoms with Crippen LogP contribution in [0.25, 0.3) is 11.6 Å². The summed E-state index contributed by atoms with van der Waals surface area (Å²) >= 11 is 1.59. The summed E-state index contributed by atoms with van der Waals surface area (Å²) in [6, 6.07) is 13.5. The van der Waals surface area contributed by atoms with E-state index >= 15 is 0 Å². The van der Waals surface area contributed by atoms with Crippen molar-refractivity contribution >= 4 is 29.0 Å². The molecule has 2 saturated heterocycles. The number of likely N-dealkylation sites (tertiary alicyclic amines) is 1. The number of nitrogens with zero attached hydrogens (tertiary/aromatic N) is 6. The van der Waals surface area contributed by atoms with Crippen molar-refractivity contribution in [3.05, 3.63) is 75.6 Å². The maximum atomic E-state index is 13.9. The topological polar surface area (TPSA) is 131 Å². The van der Waals surface area contributed by atoms with Crippen LogP contribution in [-0.4, -0.2) is 57.0 Å². The summed E-state index contributed by atoms with van der Waals surface area (Å²) in [7, 11) is 1.50. The predicted octanol–water partition coefficient (Wildman–Crippen LogP) is 4.92. The first-order chi connectivity index (χ1) is 20.0. The molecular weight excluding hydrogens is 538 g/mol. The lowest BCUT2D eigenvalue weighted by Crippen LogP contribution is -2.31. The van der Waals surface area contributed by atoms with Crippen molar-refractivity contribution in [3.63, 3.8) is 0 Å². The second kappa shape index (κ2) is 12.7. The third kappa shape index (κ3) is 6.20. The fourth-order valence-corrected chi connectivity index (χ4v) is 6.27. The molecular formula is C30H35N7O3S. The largest absolute Gasteiger partial charge is 0.419 e. The van der Waals surface area contributed by atoms with Crippen molar-refractivity contribution in [1.82, 2.24) is 25.1 Å². The molecule has 0 spiro atoms. The van der Waals surface area contributed by atoms with Gasteiger partial charge in [-0.3, -0.25) is 14.5 Å².